The van der Waals surface area contributed by atoms with E-state index in [-0.39, 0.29) is 23.8 Å². The molecule has 0 bridgehead atoms. The topological polar surface area (TPSA) is 54.4 Å². The molecule has 0 saturated carbocycles. The molecule has 3 nitrogen and oxygen atoms in total. The van der Waals surface area contributed by atoms with Crippen molar-refractivity contribution in [3.8, 4) is 0 Å². The minimum absolute atomic E-state index is 0.0175. The summed E-state index contributed by atoms with van der Waals surface area (Å²) in [5.41, 5.74) is 0.319. The van der Waals surface area contributed by atoms with Crippen molar-refractivity contribution in [3.63, 3.8) is 0 Å². The number of benzene rings is 1. The van der Waals surface area contributed by atoms with E-state index in [1.807, 2.05) is 0 Å². The Bertz CT molecular complexity index is 544. The van der Waals surface area contributed by atoms with Gasteiger partial charge in [0.25, 0.3) is 0 Å². The molecule has 1 heterocycles. The summed E-state index contributed by atoms with van der Waals surface area (Å²) >= 11 is 5.76. The highest BCUT2D eigenvalue weighted by atomic mass is 35.5. The number of hydrogen-bond acceptors (Lipinski definition) is 3. The van der Waals surface area contributed by atoms with Crippen molar-refractivity contribution in [2.45, 2.75) is 18.9 Å². The smallest absolute Gasteiger partial charge is 0.150 e. The van der Waals surface area contributed by atoms with Gasteiger partial charge in [0.15, 0.2) is 9.84 Å². The van der Waals surface area contributed by atoms with Crippen LogP contribution in [0, 0.1) is 11.7 Å². The van der Waals surface area contributed by atoms with Crippen molar-refractivity contribution >= 4 is 21.4 Å². The molecule has 0 amide bonds. The normalized spacial score (nSPS) is 24.1. The van der Waals surface area contributed by atoms with Gasteiger partial charge >= 0.3 is 0 Å². The van der Waals surface area contributed by atoms with Gasteiger partial charge in [-0.2, -0.15) is 0 Å². The SMILES string of the molecule is O=S1(=O)CCC(C(O)Cc2cc(Cl)ccc2F)C1. The molecule has 1 aromatic rings. The van der Waals surface area contributed by atoms with Crippen molar-refractivity contribution < 1.29 is 17.9 Å². The van der Waals surface area contributed by atoms with Crippen molar-refractivity contribution in [3.05, 3.63) is 34.6 Å². The number of rotatable bonds is 3. The monoisotopic (exact) mass is 292 g/mol. The fourth-order valence-corrected chi connectivity index (χ4v) is 4.28. The van der Waals surface area contributed by atoms with E-state index < -0.39 is 21.8 Å². The predicted octanol–water partition coefficient (Wildman–Crippen LogP) is 1.82. The predicted molar refractivity (Wildman–Crippen MR) is 67.9 cm³/mol. The lowest BCUT2D eigenvalue weighted by Crippen LogP contribution is -2.24. The minimum Gasteiger partial charge on any atom is -0.392 e. The Labute approximate surface area is 111 Å². The Morgan fingerprint density at radius 2 is 2.22 bits per heavy atom. The van der Waals surface area contributed by atoms with E-state index >= 15 is 0 Å². The van der Waals surface area contributed by atoms with Crippen molar-refractivity contribution in [2.24, 2.45) is 5.92 Å². The standard InChI is InChI=1S/C12H14ClFO3S/c13-10-1-2-11(14)9(5-10)6-12(15)8-3-4-18(16,17)7-8/h1-2,5,8,12,15H,3-4,6-7H2. The van der Waals surface area contributed by atoms with E-state index in [0.717, 1.165) is 0 Å². The molecule has 2 rings (SSSR count). The lowest BCUT2D eigenvalue weighted by Gasteiger charge is -2.17. The fourth-order valence-electron chi connectivity index (χ4n) is 2.22. The van der Waals surface area contributed by atoms with Crippen LogP contribution in [0.1, 0.15) is 12.0 Å². The maximum Gasteiger partial charge on any atom is 0.150 e. The molecular weight excluding hydrogens is 279 g/mol. The second kappa shape index (κ2) is 5.15. The highest BCUT2D eigenvalue weighted by Gasteiger charge is 2.33. The van der Waals surface area contributed by atoms with E-state index in [2.05, 4.69) is 0 Å². The highest BCUT2D eigenvalue weighted by molar-refractivity contribution is 7.91. The van der Waals surface area contributed by atoms with Crippen LogP contribution in [-0.4, -0.2) is 31.1 Å². The van der Waals surface area contributed by atoms with Gasteiger partial charge in [0.2, 0.25) is 0 Å². The molecule has 0 spiro atoms. The highest BCUT2D eigenvalue weighted by Crippen LogP contribution is 2.25. The summed E-state index contributed by atoms with van der Waals surface area (Å²) in [5.74, 6) is -0.656. The van der Waals surface area contributed by atoms with Crippen LogP contribution in [0.2, 0.25) is 5.02 Å². The van der Waals surface area contributed by atoms with Gasteiger partial charge in [0.05, 0.1) is 17.6 Å². The molecular formula is C12H14ClFO3S. The molecule has 100 valence electrons. The maximum absolute atomic E-state index is 13.5. The van der Waals surface area contributed by atoms with E-state index in [9.17, 15) is 17.9 Å². The van der Waals surface area contributed by atoms with Gasteiger partial charge < -0.3 is 5.11 Å². The van der Waals surface area contributed by atoms with E-state index in [1.54, 1.807) is 0 Å². The fraction of sp³-hybridized carbons (Fsp3) is 0.500. The quantitative estimate of drug-likeness (QED) is 0.924. The Balaban J connectivity index is 2.08. The summed E-state index contributed by atoms with van der Waals surface area (Å²) in [4.78, 5) is 0. The summed E-state index contributed by atoms with van der Waals surface area (Å²) in [6.45, 7) is 0. The summed E-state index contributed by atoms with van der Waals surface area (Å²) in [5, 5.41) is 10.4. The molecule has 0 aliphatic carbocycles. The molecule has 1 N–H and O–H groups in total. The first kappa shape index (κ1) is 13.8. The number of hydrogen-bond donors (Lipinski definition) is 1. The van der Waals surface area contributed by atoms with Gasteiger partial charge in [-0.25, -0.2) is 12.8 Å². The second-order valence-electron chi connectivity index (χ2n) is 4.67. The third-order valence-corrected chi connectivity index (χ3v) is 5.28. The Morgan fingerprint density at radius 1 is 1.50 bits per heavy atom. The molecule has 2 unspecified atom stereocenters. The number of aliphatic hydroxyl groups is 1. The lowest BCUT2D eigenvalue weighted by molar-refractivity contribution is 0.119. The lowest BCUT2D eigenvalue weighted by atomic mass is 9.95. The summed E-state index contributed by atoms with van der Waals surface area (Å²) in [7, 11) is -3.03. The molecule has 2 atom stereocenters. The minimum atomic E-state index is -3.03. The average Bonchev–Trinajstić information content (AvgIpc) is 2.64. The van der Waals surface area contributed by atoms with E-state index in [0.29, 0.717) is 17.0 Å². The molecule has 1 fully saturated rings. The third kappa shape index (κ3) is 3.22. The first-order chi connectivity index (χ1) is 8.37. The number of halogens is 2. The summed E-state index contributed by atoms with van der Waals surface area (Å²) in [6.07, 6.45) is -0.326. The van der Waals surface area contributed by atoms with Crippen LogP contribution in [0.3, 0.4) is 0 Å². The van der Waals surface area contributed by atoms with Crippen LogP contribution in [0.15, 0.2) is 18.2 Å². The molecule has 1 aliphatic rings. The summed E-state index contributed by atoms with van der Waals surface area (Å²) < 4.78 is 36.1. The molecule has 0 aromatic heterocycles. The van der Waals surface area contributed by atoms with Crippen LogP contribution in [0.25, 0.3) is 0 Å². The van der Waals surface area contributed by atoms with Crippen molar-refractivity contribution in [1.82, 2.24) is 0 Å². The second-order valence-corrected chi connectivity index (χ2v) is 7.34. The first-order valence-corrected chi connectivity index (χ1v) is 7.90. The van der Waals surface area contributed by atoms with Crippen molar-refractivity contribution in [1.29, 1.82) is 0 Å². The van der Waals surface area contributed by atoms with E-state index in [1.165, 1.54) is 18.2 Å². The first-order valence-electron chi connectivity index (χ1n) is 5.70. The Kier molecular flexibility index (Phi) is 3.94. The van der Waals surface area contributed by atoms with E-state index in [4.69, 9.17) is 11.6 Å². The molecule has 6 heteroatoms. The van der Waals surface area contributed by atoms with Gasteiger partial charge in [-0.1, -0.05) is 11.6 Å². The van der Waals surface area contributed by atoms with Crippen molar-refractivity contribution in [2.75, 3.05) is 11.5 Å². The van der Waals surface area contributed by atoms with Crippen LogP contribution < -0.4 is 0 Å². The van der Waals surface area contributed by atoms with Crippen LogP contribution in [0.4, 0.5) is 4.39 Å². The average molecular weight is 293 g/mol. The van der Waals surface area contributed by atoms with Gasteiger partial charge in [-0.3, -0.25) is 0 Å². The zero-order valence-corrected chi connectivity index (χ0v) is 11.2. The van der Waals surface area contributed by atoms with Crippen LogP contribution in [-0.2, 0) is 16.3 Å². The maximum atomic E-state index is 13.5. The Morgan fingerprint density at radius 3 is 2.83 bits per heavy atom. The molecule has 1 aromatic carbocycles. The number of aliphatic hydroxyl groups excluding tert-OH is 1. The molecule has 0 radical (unpaired) electrons. The number of sulfone groups is 1. The zero-order valence-electron chi connectivity index (χ0n) is 9.64. The summed E-state index contributed by atoms with van der Waals surface area (Å²) in [6, 6.07) is 4.14. The zero-order chi connectivity index (χ0) is 13.3. The van der Waals surface area contributed by atoms with Crippen LogP contribution in [0.5, 0.6) is 0 Å². The van der Waals surface area contributed by atoms with Gasteiger partial charge in [0.1, 0.15) is 5.82 Å². The van der Waals surface area contributed by atoms with Gasteiger partial charge in [-0.15, -0.1) is 0 Å². The molecule has 1 saturated heterocycles. The van der Waals surface area contributed by atoms with Gasteiger partial charge in [-0.05, 0) is 30.2 Å². The van der Waals surface area contributed by atoms with Crippen LogP contribution >= 0.6 is 11.6 Å². The third-order valence-electron chi connectivity index (χ3n) is 3.25. The van der Waals surface area contributed by atoms with Gasteiger partial charge in [0, 0.05) is 17.4 Å². The molecule has 18 heavy (non-hydrogen) atoms. The largest absolute Gasteiger partial charge is 0.392 e. The Hall–Kier alpha value is -0.650. The molecule has 1 aliphatic heterocycles.